The summed E-state index contributed by atoms with van der Waals surface area (Å²) in [6.07, 6.45) is 0. The predicted molar refractivity (Wildman–Crippen MR) is 319 cm³/mol. The number of fused-ring (bicyclic) bond motifs is 14. The van der Waals surface area contributed by atoms with Crippen molar-refractivity contribution < 1.29 is 0 Å². The summed E-state index contributed by atoms with van der Waals surface area (Å²) in [5, 5.41) is 10.2. The van der Waals surface area contributed by atoms with Gasteiger partial charge in [0.1, 0.15) is 0 Å². The van der Waals surface area contributed by atoms with E-state index in [0.29, 0.717) is 17.5 Å². The van der Waals surface area contributed by atoms with Gasteiger partial charge in [-0.1, -0.05) is 173 Å². The number of nitrogens with zero attached hydrogens (tertiary/aromatic N) is 5. The van der Waals surface area contributed by atoms with Gasteiger partial charge in [0.25, 0.3) is 6.71 Å². The second-order valence-corrected chi connectivity index (χ2v) is 23.6. The van der Waals surface area contributed by atoms with Crippen LogP contribution in [0.2, 0.25) is 0 Å². The molecule has 0 unspecified atom stereocenters. The fraction of sp³-hybridized carbons (Fsp3) is 0.174. The van der Waals surface area contributed by atoms with Gasteiger partial charge in [0.15, 0.2) is 17.5 Å². The molecule has 2 aliphatic rings. The first kappa shape index (κ1) is 45.3. The molecule has 0 atom stereocenters. The van der Waals surface area contributed by atoms with Gasteiger partial charge in [-0.15, -0.1) is 0 Å². The Morgan fingerprint density at radius 3 is 1.44 bits per heavy atom. The Bertz CT molecular complexity index is 4320. The van der Waals surface area contributed by atoms with Crippen LogP contribution in [0, 0.1) is 27.7 Å². The van der Waals surface area contributed by atoms with E-state index in [1.54, 1.807) is 0 Å². The number of rotatable bonds is 4. The Kier molecular flexibility index (Phi) is 9.71. The maximum Gasteiger partial charge on any atom is 0.252 e. The number of hydrogen-bond donors (Lipinski definition) is 0. The summed E-state index contributed by atoms with van der Waals surface area (Å²) in [6, 6.07) is 64.3. The van der Waals surface area contributed by atoms with Crippen molar-refractivity contribution in [2.24, 2.45) is 0 Å². The molecule has 0 fully saturated rings. The van der Waals surface area contributed by atoms with Crippen molar-refractivity contribution in [3.63, 3.8) is 0 Å². The topological polar surface area (TPSA) is 46.8 Å². The minimum Gasteiger partial charge on any atom is -0.311 e. The lowest BCUT2D eigenvalue weighted by Gasteiger charge is -2.41. The molecule has 2 aliphatic heterocycles. The lowest BCUT2D eigenvalue weighted by atomic mass is 9.33. The first-order valence-corrected chi connectivity index (χ1v) is 26.5. The molecule has 4 heterocycles. The highest BCUT2D eigenvalue weighted by molar-refractivity contribution is 7.00. The zero-order chi connectivity index (χ0) is 51.4. The quantitative estimate of drug-likeness (QED) is 0.130. The first-order valence-electron chi connectivity index (χ1n) is 26.5. The molecule has 0 N–H and O–H groups in total. The third-order valence-corrected chi connectivity index (χ3v) is 16.2. The summed E-state index contributed by atoms with van der Waals surface area (Å²) in [5.41, 5.74) is 20.9. The SMILES string of the molecule is Cc1cc(C)cc(-c2nc(-c3cc(C)cc(C)c3)nc(-c3cc4c5c(c3)-n3c6ccccc6c6c7c8ccccc8c8ccccc8c7cc(c63)B5c3cc(C(C)(C)C)ccc3N4c3ccc(C(C)(C)C)cc3)n2)c1. The standard InChI is InChI=1S/C69H58BN5/c1-39-29-40(2)32-43(31-39)65-71-66(44-33-41(3)30-42(4)34-44)73-67(72-65)45-35-59-63-60(36-45)75-57-22-16-15-21-53(57)62-61-52-20-14-13-18-50(52)49-17-11-12-19-51(49)54(61)38-56(64(62)75)70(63)55-37-47(69(8,9)10)25-28-58(55)74(59)48-26-23-46(24-27-48)68(5,6)7/h11-38H,1-10H3. The van der Waals surface area contributed by atoms with Crippen molar-refractivity contribution in [1.82, 2.24) is 19.5 Å². The largest absolute Gasteiger partial charge is 0.311 e. The van der Waals surface area contributed by atoms with Gasteiger partial charge in [-0.05, 0) is 154 Å². The normalized spacial score (nSPS) is 13.1. The van der Waals surface area contributed by atoms with Crippen molar-refractivity contribution in [3.8, 4) is 39.9 Å². The molecule has 0 saturated heterocycles. The minimum absolute atomic E-state index is 0.00722. The fourth-order valence-corrected chi connectivity index (χ4v) is 12.9. The van der Waals surface area contributed by atoms with Crippen LogP contribution in [-0.2, 0) is 10.8 Å². The third kappa shape index (κ3) is 6.95. The maximum absolute atomic E-state index is 5.50. The number of anilines is 3. The zero-order valence-corrected chi connectivity index (χ0v) is 44.5. The monoisotopic (exact) mass is 967 g/mol. The molecule has 14 rings (SSSR count). The van der Waals surface area contributed by atoms with Gasteiger partial charge in [-0.25, -0.2) is 15.0 Å². The average Bonchev–Trinajstić information content (AvgIpc) is 3.81. The highest BCUT2D eigenvalue weighted by Gasteiger charge is 2.44. The minimum atomic E-state index is -0.101. The molecule has 0 amide bonds. The van der Waals surface area contributed by atoms with E-state index in [2.05, 4.69) is 249 Å². The van der Waals surface area contributed by atoms with Crippen LogP contribution in [0.3, 0.4) is 0 Å². The molecule has 2 aromatic heterocycles. The highest BCUT2D eigenvalue weighted by atomic mass is 15.2. The van der Waals surface area contributed by atoms with E-state index in [4.69, 9.17) is 15.0 Å². The van der Waals surface area contributed by atoms with E-state index in [-0.39, 0.29) is 17.5 Å². The Morgan fingerprint density at radius 1 is 0.387 bits per heavy atom. The molecule has 10 aromatic carbocycles. The van der Waals surface area contributed by atoms with E-state index >= 15 is 0 Å². The van der Waals surface area contributed by atoms with Gasteiger partial charge in [0, 0.05) is 55.6 Å². The van der Waals surface area contributed by atoms with Crippen LogP contribution in [0.4, 0.5) is 17.1 Å². The van der Waals surface area contributed by atoms with Crippen LogP contribution >= 0.6 is 0 Å². The zero-order valence-electron chi connectivity index (χ0n) is 44.5. The van der Waals surface area contributed by atoms with Gasteiger partial charge in [0.2, 0.25) is 0 Å². The number of benzene rings is 10. The molecule has 75 heavy (non-hydrogen) atoms. The van der Waals surface area contributed by atoms with E-state index in [9.17, 15) is 0 Å². The van der Waals surface area contributed by atoms with Gasteiger partial charge in [-0.2, -0.15) is 0 Å². The molecule has 362 valence electrons. The molecular formula is C69H58BN5. The summed E-state index contributed by atoms with van der Waals surface area (Å²) >= 11 is 0. The molecule has 6 heteroatoms. The average molecular weight is 968 g/mol. The van der Waals surface area contributed by atoms with Crippen molar-refractivity contribution in [2.45, 2.75) is 80.1 Å². The molecule has 0 saturated carbocycles. The van der Waals surface area contributed by atoms with E-state index in [1.165, 1.54) is 110 Å². The summed E-state index contributed by atoms with van der Waals surface area (Å²) < 4.78 is 2.60. The summed E-state index contributed by atoms with van der Waals surface area (Å²) in [6.45, 7) is 22.4. The van der Waals surface area contributed by atoms with Crippen LogP contribution in [0.1, 0.15) is 74.9 Å². The Hall–Kier alpha value is -8.35. The third-order valence-electron chi connectivity index (χ3n) is 16.2. The van der Waals surface area contributed by atoms with Crippen LogP contribution in [0.15, 0.2) is 170 Å². The van der Waals surface area contributed by atoms with Crippen molar-refractivity contribution in [1.29, 1.82) is 0 Å². The van der Waals surface area contributed by atoms with Crippen molar-refractivity contribution >= 4 is 94.3 Å². The van der Waals surface area contributed by atoms with E-state index in [0.717, 1.165) is 33.8 Å². The van der Waals surface area contributed by atoms with Crippen molar-refractivity contribution in [3.05, 3.63) is 203 Å². The number of aryl methyl sites for hydroxylation is 4. The Balaban J connectivity index is 1.17. The number of aromatic nitrogens is 4. The number of hydrogen-bond acceptors (Lipinski definition) is 4. The van der Waals surface area contributed by atoms with Crippen molar-refractivity contribution in [2.75, 3.05) is 4.90 Å². The van der Waals surface area contributed by atoms with Crippen LogP contribution in [0.5, 0.6) is 0 Å². The van der Waals surface area contributed by atoms with Gasteiger partial charge in [0.05, 0.1) is 11.0 Å². The van der Waals surface area contributed by atoms with Gasteiger partial charge >= 0.3 is 0 Å². The maximum atomic E-state index is 5.50. The Morgan fingerprint density at radius 2 is 0.867 bits per heavy atom. The highest BCUT2D eigenvalue weighted by Crippen LogP contribution is 2.48. The predicted octanol–water partition coefficient (Wildman–Crippen LogP) is 15.9. The summed E-state index contributed by atoms with van der Waals surface area (Å²) in [5.74, 6) is 1.95. The van der Waals surface area contributed by atoms with Gasteiger partial charge in [-0.3, -0.25) is 0 Å². The molecular weight excluding hydrogens is 910 g/mol. The fourth-order valence-electron chi connectivity index (χ4n) is 12.9. The van der Waals surface area contributed by atoms with E-state index < -0.39 is 0 Å². The summed E-state index contributed by atoms with van der Waals surface area (Å²) in [7, 11) is 0. The molecule has 0 aliphatic carbocycles. The van der Waals surface area contributed by atoms with Crippen LogP contribution in [0.25, 0.3) is 94.0 Å². The summed E-state index contributed by atoms with van der Waals surface area (Å²) in [4.78, 5) is 18.8. The van der Waals surface area contributed by atoms with Crippen LogP contribution < -0.4 is 21.3 Å². The smallest absolute Gasteiger partial charge is 0.252 e. The molecule has 0 radical (unpaired) electrons. The van der Waals surface area contributed by atoms with Gasteiger partial charge < -0.3 is 9.47 Å². The number of para-hydroxylation sites is 1. The molecule has 12 aromatic rings. The Labute approximate surface area is 439 Å². The first-order chi connectivity index (χ1) is 36.1. The molecule has 0 bridgehead atoms. The lowest BCUT2D eigenvalue weighted by Crippen LogP contribution is -2.60. The second kappa shape index (κ2) is 16.1. The lowest BCUT2D eigenvalue weighted by molar-refractivity contribution is 0.590. The van der Waals surface area contributed by atoms with E-state index in [1.807, 2.05) is 0 Å². The second-order valence-electron chi connectivity index (χ2n) is 23.6. The molecule has 5 nitrogen and oxygen atoms in total. The van der Waals surface area contributed by atoms with Crippen LogP contribution in [-0.4, -0.2) is 26.2 Å². The molecule has 0 spiro atoms.